The Bertz CT molecular complexity index is 669. The molecule has 100 valence electrons. The maximum atomic E-state index is 13.5. The van der Waals surface area contributed by atoms with Gasteiger partial charge in [-0.15, -0.1) is 0 Å². The molecular formula is C17H15FN2. The highest BCUT2D eigenvalue weighted by Crippen LogP contribution is 2.40. The van der Waals surface area contributed by atoms with E-state index < -0.39 is 5.82 Å². The molecule has 0 heterocycles. The molecular weight excluding hydrogens is 251 g/mol. The molecule has 0 aromatic heterocycles. The third-order valence-corrected chi connectivity index (χ3v) is 3.61. The fourth-order valence-electron chi connectivity index (χ4n) is 2.36. The molecule has 1 fully saturated rings. The van der Waals surface area contributed by atoms with Crippen molar-refractivity contribution in [2.24, 2.45) is 0 Å². The van der Waals surface area contributed by atoms with Crippen LogP contribution in [0.25, 0.3) is 0 Å². The highest BCUT2D eigenvalue weighted by molar-refractivity contribution is 5.58. The van der Waals surface area contributed by atoms with Crippen LogP contribution in [0.15, 0.2) is 42.5 Å². The van der Waals surface area contributed by atoms with Crippen molar-refractivity contribution in [3.63, 3.8) is 0 Å². The van der Waals surface area contributed by atoms with Gasteiger partial charge < -0.3 is 5.32 Å². The Balaban J connectivity index is 1.75. The average molecular weight is 266 g/mol. The molecule has 0 amide bonds. The first kappa shape index (κ1) is 12.7. The van der Waals surface area contributed by atoms with Crippen molar-refractivity contribution in [2.75, 3.05) is 5.32 Å². The van der Waals surface area contributed by atoms with Crippen LogP contribution in [0.1, 0.15) is 35.4 Å². The van der Waals surface area contributed by atoms with E-state index in [-0.39, 0.29) is 5.56 Å². The predicted octanol–water partition coefficient (Wildman–Crippen LogP) is 4.19. The Morgan fingerprint density at radius 3 is 2.75 bits per heavy atom. The third-order valence-electron chi connectivity index (χ3n) is 3.61. The smallest absolute Gasteiger partial charge is 0.143 e. The number of hydrogen-bond donors (Lipinski definition) is 1. The molecule has 1 N–H and O–H groups in total. The van der Waals surface area contributed by atoms with Crippen LogP contribution in [0.2, 0.25) is 0 Å². The number of rotatable bonds is 4. The van der Waals surface area contributed by atoms with E-state index in [0.717, 1.165) is 11.5 Å². The van der Waals surface area contributed by atoms with Gasteiger partial charge in [0.15, 0.2) is 0 Å². The Morgan fingerprint density at radius 1 is 1.20 bits per heavy atom. The second-order valence-electron chi connectivity index (χ2n) is 5.15. The normalized spacial score (nSPS) is 13.8. The Hall–Kier alpha value is -2.34. The topological polar surface area (TPSA) is 35.8 Å². The van der Waals surface area contributed by atoms with Crippen LogP contribution >= 0.6 is 0 Å². The Labute approximate surface area is 117 Å². The highest BCUT2D eigenvalue weighted by Gasteiger charge is 2.23. The van der Waals surface area contributed by atoms with Crippen LogP contribution in [0.3, 0.4) is 0 Å². The van der Waals surface area contributed by atoms with Gasteiger partial charge in [0, 0.05) is 6.54 Å². The minimum absolute atomic E-state index is 0.0749. The highest BCUT2D eigenvalue weighted by atomic mass is 19.1. The summed E-state index contributed by atoms with van der Waals surface area (Å²) in [5, 5.41) is 12.1. The first-order valence-electron chi connectivity index (χ1n) is 6.79. The van der Waals surface area contributed by atoms with Gasteiger partial charge in [0.05, 0.1) is 5.69 Å². The number of nitrogens with one attached hydrogen (secondary N) is 1. The largest absolute Gasteiger partial charge is 0.380 e. The van der Waals surface area contributed by atoms with Crippen molar-refractivity contribution in [1.82, 2.24) is 0 Å². The lowest BCUT2D eigenvalue weighted by Crippen LogP contribution is -2.02. The molecule has 0 saturated heterocycles. The van der Waals surface area contributed by atoms with Gasteiger partial charge in [-0.2, -0.15) is 5.26 Å². The molecule has 0 atom stereocenters. The van der Waals surface area contributed by atoms with Crippen molar-refractivity contribution >= 4 is 5.69 Å². The molecule has 0 spiro atoms. The summed E-state index contributed by atoms with van der Waals surface area (Å²) in [6.07, 6.45) is 2.55. The van der Waals surface area contributed by atoms with Crippen LogP contribution < -0.4 is 5.32 Å². The molecule has 2 nitrogen and oxygen atoms in total. The van der Waals surface area contributed by atoms with E-state index in [1.807, 2.05) is 12.1 Å². The van der Waals surface area contributed by atoms with Gasteiger partial charge in [-0.25, -0.2) is 4.39 Å². The summed E-state index contributed by atoms with van der Waals surface area (Å²) < 4.78 is 13.5. The lowest BCUT2D eigenvalue weighted by Gasteiger charge is -2.09. The van der Waals surface area contributed by atoms with E-state index in [4.69, 9.17) is 5.26 Å². The van der Waals surface area contributed by atoms with Gasteiger partial charge in [0.2, 0.25) is 0 Å². The van der Waals surface area contributed by atoms with E-state index in [2.05, 4.69) is 23.5 Å². The molecule has 3 rings (SSSR count). The lowest BCUT2D eigenvalue weighted by molar-refractivity contribution is 0.624. The second kappa shape index (κ2) is 5.34. The summed E-state index contributed by atoms with van der Waals surface area (Å²) in [6.45, 7) is 0.596. The molecule has 3 heteroatoms. The van der Waals surface area contributed by atoms with E-state index in [1.165, 1.54) is 24.5 Å². The molecule has 0 unspecified atom stereocenters. The number of benzene rings is 2. The third kappa shape index (κ3) is 2.65. The summed E-state index contributed by atoms with van der Waals surface area (Å²) >= 11 is 0. The molecule has 0 radical (unpaired) electrons. The maximum absolute atomic E-state index is 13.5. The predicted molar refractivity (Wildman–Crippen MR) is 76.9 cm³/mol. The molecule has 20 heavy (non-hydrogen) atoms. The van der Waals surface area contributed by atoms with Crippen molar-refractivity contribution < 1.29 is 4.39 Å². The summed E-state index contributed by atoms with van der Waals surface area (Å²) in [6, 6.07) is 15.0. The lowest BCUT2D eigenvalue weighted by atomic mass is 10.1. The van der Waals surface area contributed by atoms with Gasteiger partial charge in [0.25, 0.3) is 0 Å². The van der Waals surface area contributed by atoms with Crippen LogP contribution in [0.4, 0.5) is 10.1 Å². The van der Waals surface area contributed by atoms with Crippen LogP contribution in [-0.4, -0.2) is 0 Å². The maximum Gasteiger partial charge on any atom is 0.143 e. The van der Waals surface area contributed by atoms with Crippen LogP contribution in [0, 0.1) is 17.1 Å². The van der Waals surface area contributed by atoms with Crippen LogP contribution in [-0.2, 0) is 6.54 Å². The number of anilines is 1. The van der Waals surface area contributed by atoms with Gasteiger partial charge in [-0.1, -0.05) is 30.3 Å². The fraction of sp³-hybridized carbons (Fsp3) is 0.235. The summed E-state index contributed by atoms with van der Waals surface area (Å²) in [5.74, 6) is 0.239. The molecule has 0 aliphatic heterocycles. The van der Waals surface area contributed by atoms with Gasteiger partial charge in [-0.05, 0) is 42.0 Å². The zero-order valence-electron chi connectivity index (χ0n) is 11.1. The molecule has 2 aromatic rings. The van der Waals surface area contributed by atoms with Gasteiger partial charge in [-0.3, -0.25) is 0 Å². The zero-order valence-corrected chi connectivity index (χ0v) is 11.1. The van der Waals surface area contributed by atoms with Gasteiger partial charge in [0.1, 0.15) is 17.4 Å². The fourth-order valence-corrected chi connectivity index (χ4v) is 2.36. The average Bonchev–Trinajstić information content (AvgIpc) is 3.30. The first-order valence-corrected chi connectivity index (χ1v) is 6.79. The second-order valence-corrected chi connectivity index (χ2v) is 5.15. The summed E-state index contributed by atoms with van der Waals surface area (Å²) in [7, 11) is 0. The van der Waals surface area contributed by atoms with Crippen molar-refractivity contribution in [3.8, 4) is 6.07 Å². The van der Waals surface area contributed by atoms with Crippen LogP contribution in [0.5, 0.6) is 0 Å². The van der Waals surface area contributed by atoms with Crippen molar-refractivity contribution in [2.45, 2.75) is 25.3 Å². The first-order chi connectivity index (χ1) is 9.78. The van der Waals surface area contributed by atoms with Crippen molar-refractivity contribution in [3.05, 3.63) is 65.0 Å². The number of halogens is 1. The minimum Gasteiger partial charge on any atom is -0.380 e. The number of nitrogens with zero attached hydrogens (tertiary/aromatic N) is 1. The quantitative estimate of drug-likeness (QED) is 0.900. The van der Waals surface area contributed by atoms with Gasteiger partial charge >= 0.3 is 0 Å². The van der Waals surface area contributed by atoms with E-state index in [0.29, 0.717) is 12.2 Å². The SMILES string of the molecule is N#Cc1c(F)cccc1NCc1cccc(C2CC2)c1. The Kier molecular flexibility index (Phi) is 3.39. The Morgan fingerprint density at radius 2 is 2.00 bits per heavy atom. The molecule has 1 aliphatic carbocycles. The number of hydrogen-bond acceptors (Lipinski definition) is 2. The molecule has 2 aromatic carbocycles. The molecule has 0 bridgehead atoms. The monoisotopic (exact) mass is 266 g/mol. The summed E-state index contributed by atoms with van der Waals surface area (Å²) in [5.41, 5.74) is 3.15. The minimum atomic E-state index is -0.482. The van der Waals surface area contributed by atoms with E-state index in [1.54, 1.807) is 12.1 Å². The standard InChI is InChI=1S/C17H15FN2/c18-16-5-2-6-17(15(16)10-19)20-11-12-3-1-4-14(9-12)13-7-8-13/h1-6,9,13,20H,7-8,11H2. The molecule has 1 aliphatic rings. The van der Waals surface area contributed by atoms with Crippen molar-refractivity contribution in [1.29, 1.82) is 5.26 Å². The summed E-state index contributed by atoms with van der Waals surface area (Å²) in [4.78, 5) is 0. The molecule has 1 saturated carbocycles. The number of nitriles is 1. The zero-order chi connectivity index (χ0) is 13.9. The van der Waals surface area contributed by atoms with E-state index in [9.17, 15) is 4.39 Å². The van der Waals surface area contributed by atoms with E-state index >= 15 is 0 Å².